The molecule has 0 amide bonds. The van der Waals surface area contributed by atoms with Crippen molar-refractivity contribution >= 4 is 11.0 Å². The van der Waals surface area contributed by atoms with Gasteiger partial charge in [-0.3, -0.25) is 0 Å². The van der Waals surface area contributed by atoms with Crippen LogP contribution in [-0.4, -0.2) is 9.55 Å². The number of hydrogen-bond acceptors (Lipinski definition) is 2. The molecular formula is C15H21N3. The molecule has 2 aromatic rings. The zero-order valence-corrected chi connectivity index (χ0v) is 11.0. The molecule has 0 unspecified atom stereocenters. The van der Waals surface area contributed by atoms with Crippen LogP contribution in [0.2, 0.25) is 0 Å². The highest BCUT2D eigenvalue weighted by Gasteiger charge is 2.34. The number of rotatable bonds is 2. The van der Waals surface area contributed by atoms with E-state index in [-0.39, 0.29) is 5.54 Å². The zero-order chi connectivity index (χ0) is 12.6. The van der Waals surface area contributed by atoms with Gasteiger partial charge >= 0.3 is 0 Å². The third kappa shape index (κ3) is 1.74. The molecular weight excluding hydrogens is 222 g/mol. The minimum absolute atomic E-state index is 0.215. The largest absolute Gasteiger partial charge is 0.327 e. The molecule has 1 fully saturated rings. The van der Waals surface area contributed by atoms with Crippen molar-refractivity contribution in [3.63, 3.8) is 0 Å². The van der Waals surface area contributed by atoms with Crippen LogP contribution in [0.4, 0.5) is 0 Å². The highest BCUT2D eigenvalue weighted by molar-refractivity contribution is 5.76. The number of aromatic nitrogens is 2. The summed E-state index contributed by atoms with van der Waals surface area (Å²) < 4.78 is 2.29. The van der Waals surface area contributed by atoms with Gasteiger partial charge in [0, 0.05) is 6.54 Å². The summed E-state index contributed by atoms with van der Waals surface area (Å²) >= 11 is 0. The van der Waals surface area contributed by atoms with E-state index in [0.29, 0.717) is 0 Å². The molecule has 3 nitrogen and oxygen atoms in total. The van der Waals surface area contributed by atoms with Gasteiger partial charge in [-0.05, 0) is 31.9 Å². The zero-order valence-electron chi connectivity index (χ0n) is 11.0. The van der Waals surface area contributed by atoms with Gasteiger partial charge in [0.25, 0.3) is 0 Å². The number of para-hydroxylation sites is 2. The lowest BCUT2D eigenvalue weighted by Crippen LogP contribution is -2.41. The van der Waals surface area contributed by atoms with Crippen LogP contribution in [0.1, 0.15) is 44.9 Å². The minimum atomic E-state index is -0.215. The smallest absolute Gasteiger partial charge is 0.130 e. The van der Waals surface area contributed by atoms with Gasteiger partial charge in [0.1, 0.15) is 5.82 Å². The van der Waals surface area contributed by atoms with Crippen molar-refractivity contribution in [3.8, 4) is 0 Å². The van der Waals surface area contributed by atoms with Crippen LogP contribution < -0.4 is 5.73 Å². The summed E-state index contributed by atoms with van der Waals surface area (Å²) in [6.07, 6.45) is 5.89. The van der Waals surface area contributed by atoms with E-state index < -0.39 is 0 Å². The van der Waals surface area contributed by atoms with E-state index in [1.54, 1.807) is 0 Å². The molecule has 0 radical (unpaired) electrons. The van der Waals surface area contributed by atoms with E-state index >= 15 is 0 Å². The second-order valence-corrected chi connectivity index (χ2v) is 5.39. The topological polar surface area (TPSA) is 43.8 Å². The molecule has 0 bridgehead atoms. The summed E-state index contributed by atoms with van der Waals surface area (Å²) in [4.78, 5) is 4.82. The van der Waals surface area contributed by atoms with Gasteiger partial charge < -0.3 is 10.3 Å². The molecule has 1 aliphatic rings. The Morgan fingerprint density at radius 2 is 1.94 bits per heavy atom. The lowest BCUT2D eigenvalue weighted by Gasteiger charge is -2.33. The Bertz CT molecular complexity index is 550. The number of hydrogen-bond donors (Lipinski definition) is 1. The Morgan fingerprint density at radius 1 is 1.22 bits per heavy atom. The van der Waals surface area contributed by atoms with Crippen LogP contribution in [0, 0.1) is 0 Å². The van der Waals surface area contributed by atoms with Crippen LogP contribution in [-0.2, 0) is 12.1 Å². The fourth-order valence-corrected chi connectivity index (χ4v) is 3.18. The van der Waals surface area contributed by atoms with Crippen LogP contribution in [0.15, 0.2) is 24.3 Å². The Balaban J connectivity index is 2.15. The Labute approximate surface area is 108 Å². The first-order valence-electron chi connectivity index (χ1n) is 6.99. The Kier molecular flexibility index (Phi) is 2.86. The van der Waals surface area contributed by atoms with E-state index in [2.05, 4.69) is 29.7 Å². The average Bonchev–Trinajstić information content (AvgIpc) is 2.79. The predicted octanol–water partition coefficient (Wildman–Crippen LogP) is 3.17. The SMILES string of the molecule is CCn1c(C2(N)CCCCC2)nc2ccccc21. The van der Waals surface area contributed by atoms with E-state index in [0.717, 1.165) is 30.7 Å². The van der Waals surface area contributed by atoms with Crippen LogP contribution in [0.25, 0.3) is 11.0 Å². The van der Waals surface area contributed by atoms with Gasteiger partial charge in [-0.15, -0.1) is 0 Å². The van der Waals surface area contributed by atoms with Crippen molar-refractivity contribution in [1.29, 1.82) is 0 Å². The molecule has 1 aliphatic carbocycles. The van der Waals surface area contributed by atoms with E-state index in [1.165, 1.54) is 24.8 Å². The van der Waals surface area contributed by atoms with E-state index in [4.69, 9.17) is 10.7 Å². The fourth-order valence-electron chi connectivity index (χ4n) is 3.18. The molecule has 0 atom stereocenters. The summed E-state index contributed by atoms with van der Waals surface area (Å²) in [6.45, 7) is 3.11. The van der Waals surface area contributed by atoms with Crippen LogP contribution in [0.3, 0.4) is 0 Å². The van der Waals surface area contributed by atoms with Gasteiger partial charge in [-0.1, -0.05) is 31.4 Å². The molecule has 1 aromatic heterocycles. The molecule has 96 valence electrons. The number of nitrogens with zero attached hydrogens (tertiary/aromatic N) is 2. The molecule has 1 saturated carbocycles. The average molecular weight is 243 g/mol. The maximum Gasteiger partial charge on any atom is 0.130 e. The second-order valence-electron chi connectivity index (χ2n) is 5.39. The van der Waals surface area contributed by atoms with Gasteiger partial charge in [-0.2, -0.15) is 0 Å². The van der Waals surface area contributed by atoms with Gasteiger partial charge in [0.2, 0.25) is 0 Å². The molecule has 0 aliphatic heterocycles. The van der Waals surface area contributed by atoms with Crippen LogP contribution >= 0.6 is 0 Å². The van der Waals surface area contributed by atoms with Crippen molar-refractivity contribution in [2.45, 2.75) is 51.1 Å². The van der Waals surface area contributed by atoms with Gasteiger partial charge in [-0.25, -0.2) is 4.98 Å². The number of benzene rings is 1. The fraction of sp³-hybridized carbons (Fsp3) is 0.533. The minimum Gasteiger partial charge on any atom is -0.327 e. The maximum atomic E-state index is 6.64. The van der Waals surface area contributed by atoms with Crippen molar-refractivity contribution < 1.29 is 0 Å². The van der Waals surface area contributed by atoms with E-state index in [1.807, 2.05) is 6.07 Å². The molecule has 18 heavy (non-hydrogen) atoms. The molecule has 1 aromatic carbocycles. The highest BCUT2D eigenvalue weighted by atomic mass is 15.1. The van der Waals surface area contributed by atoms with Crippen molar-refractivity contribution in [2.75, 3.05) is 0 Å². The lowest BCUT2D eigenvalue weighted by molar-refractivity contribution is 0.279. The molecule has 2 N–H and O–H groups in total. The second kappa shape index (κ2) is 4.39. The number of nitrogens with two attached hydrogens (primary N) is 1. The first-order valence-corrected chi connectivity index (χ1v) is 6.99. The van der Waals surface area contributed by atoms with Crippen molar-refractivity contribution in [1.82, 2.24) is 9.55 Å². The normalized spacial score (nSPS) is 19.2. The van der Waals surface area contributed by atoms with E-state index in [9.17, 15) is 0 Å². The summed E-state index contributed by atoms with van der Waals surface area (Å²) in [5, 5.41) is 0. The van der Waals surface area contributed by atoms with Gasteiger partial charge in [0.05, 0.1) is 16.6 Å². The van der Waals surface area contributed by atoms with Gasteiger partial charge in [0.15, 0.2) is 0 Å². The number of imidazole rings is 1. The highest BCUT2D eigenvalue weighted by Crippen LogP contribution is 2.35. The Morgan fingerprint density at radius 3 is 2.67 bits per heavy atom. The third-order valence-electron chi connectivity index (χ3n) is 4.16. The number of aryl methyl sites for hydroxylation is 1. The monoisotopic (exact) mass is 243 g/mol. The number of fused-ring (bicyclic) bond motifs is 1. The molecule has 0 saturated heterocycles. The Hall–Kier alpha value is -1.35. The quantitative estimate of drug-likeness (QED) is 0.880. The summed E-state index contributed by atoms with van der Waals surface area (Å²) in [5.41, 5.74) is 8.71. The first kappa shape index (κ1) is 11.7. The van der Waals surface area contributed by atoms with Crippen molar-refractivity contribution in [2.24, 2.45) is 5.73 Å². The predicted molar refractivity (Wildman–Crippen MR) is 74.4 cm³/mol. The standard InChI is InChI=1S/C15H21N3/c1-2-18-13-9-5-4-8-12(13)17-14(18)15(16)10-6-3-7-11-15/h4-5,8-9H,2-3,6-7,10-11,16H2,1H3. The molecule has 0 spiro atoms. The third-order valence-corrected chi connectivity index (χ3v) is 4.16. The van der Waals surface area contributed by atoms with Crippen molar-refractivity contribution in [3.05, 3.63) is 30.1 Å². The summed E-state index contributed by atoms with van der Waals surface area (Å²) in [5.74, 6) is 1.09. The molecule has 3 heteroatoms. The summed E-state index contributed by atoms with van der Waals surface area (Å²) in [7, 11) is 0. The summed E-state index contributed by atoms with van der Waals surface area (Å²) in [6, 6.07) is 8.34. The molecule has 1 heterocycles. The van der Waals surface area contributed by atoms with Crippen LogP contribution in [0.5, 0.6) is 0 Å². The maximum absolute atomic E-state index is 6.64. The molecule has 3 rings (SSSR count). The lowest BCUT2D eigenvalue weighted by atomic mass is 9.82. The first-order chi connectivity index (χ1) is 8.74.